The second-order valence-corrected chi connectivity index (χ2v) is 4.86. The molecule has 0 fully saturated rings. The first-order chi connectivity index (χ1) is 9.13. The molecule has 19 heavy (non-hydrogen) atoms. The van der Waals surface area contributed by atoms with Crippen molar-refractivity contribution < 1.29 is 0 Å². The molecule has 1 N–H and O–H groups in total. The summed E-state index contributed by atoms with van der Waals surface area (Å²) in [7, 11) is 0. The third-order valence-electron chi connectivity index (χ3n) is 3.51. The lowest BCUT2D eigenvalue weighted by atomic mass is 10.1. The number of nitrogens with one attached hydrogen (secondary N) is 1. The van der Waals surface area contributed by atoms with Crippen LogP contribution in [0, 0.1) is 13.8 Å². The van der Waals surface area contributed by atoms with Gasteiger partial charge in [0, 0.05) is 42.8 Å². The predicted octanol–water partition coefficient (Wildman–Crippen LogP) is 2.77. The quantitative estimate of drug-likeness (QED) is 0.896. The average Bonchev–Trinajstić information content (AvgIpc) is 2.72. The fourth-order valence-corrected chi connectivity index (χ4v) is 2.52. The maximum atomic E-state index is 4.57. The van der Waals surface area contributed by atoms with Crippen molar-refractivity contribution in [1.82, 2.24) is 20.1 Å². The number of rotatable bonds is 5. The Morgan fingerprint density at radius 3 is 2.74 bits per heavy atom. The normalized spacial score (nSPS) is 12.6. The molecule has 0 aliphatic rings. The molecule has 4 nitrogen and oxygen atoms in total. The van der Waals surface area contributed by atoms with E-state index in [0.29, 0.717) is 6.04 Å². The van der Waals surface area contributed by atoms with Crippen LogP contribution in [0.15, 0.2) is 24.5 Å². The van der Waals surface area contributed by atoms with Crippen LogP contribution >= 0.6 is 0 Å². The fourth-order valence-electron chi connectivity index (χ4n) is 2.52. The molecule has 4 heteroatoms. The van der Waals surface area contributed by atoms with Crippen molar-refractivity contribution in [3.63, 3.8) is 0 Å². The van der Waals surface area contributed by atoms with Crippen LogP contribution in [-0.2, 0) is 13.1 Å². The Morgan fingerprint density at radius 1 is 1.37 bits per heavy atom. The van der Waals surface area contributed by atoms with Gasteiger partial charge < -0.3 is 5.32 Å². The van der Waals surface area contributed by atoms with Gasteiger partial charge in [0.15, 0.2) is 0 Å². The molecular weight excluding hydrogens is 236 g/mol. The van der Waals surface area contributed by atoms with E-state index in [1.54, 1.807) is 6.20 Å². The van der Waals surface area contributed by atoms with Crippen molar-refractivity contribution in [3.05, 3.63) is 47.0 Å². The molecule has 0 saturated heterocycles. The summed E-state index contributed by atoms with van der Waals surface area (Å²) in [6.45, 7) is 10.3. The standard InChI is InChI=1S/C15H22N4/c1-5-19-13(4)15(12(3)18-19)11(2)17-10-14-7-6-8-16-9-14/h6-9,11,17H,5,10H2,1-4H3. The third kappa shape index (κ3) is 3.01. The molecule has 0 saturated carbocycles. The number of hydrogen-bond acceptors (Lipinski definition) is 3. The van der Waals surface area contributed by atoms with Crippen LogP contribution in [0.3, 0.4) is 0 Å². The molecule has 1 unspecified atom stereocenters. The summed E-state index contributed by atoms with van der Waals surface area (Å²) in [5, 5.41) is 8.11. The van der Waals surface area contributed by atoms with E-state index < -0.39 is 0 Å². The number of pyridine rings is 1. The lowest BCUT2D eigenvalue weighted by molar-refractivity contribution is 0.565. The fraction of sp³-hybridized carbons (Fsp3) is 0.467. The lowest BCUT2D eigenvalue weighted by Crippen LogP contribution is -2.19. The molecule has 0 aliphatic heterocycles. The molecule has 102 valence electrons. The molecule has 0 bridgehead atoms. The van der Waals surface area contributed by atoms with Crippen LogP contribution in [0.4, 0.5) is 0 Å². The predicted molar refractivity (Wildman–Crippen MR) is 76.9 cm³/mol. The lowest BCUT2D eigenvalue weighted by Gasteiger charge is -2.15. The van der Waals surface area contributed by atoms with E-state index in [1.807, 2.05) is 12.3 Å². The van der Waals surface area contributed by atoms with Crippen LogP contribution in [-0.4, -0.2) is 14.8 Å². The highest BCUT2D eigenvalue weighted by molar-refractivity contribution is 5.28. The third-order valence-corrected chi connectivity index (χ3v) is 3.51. The van der Waals surface area contributed by atoms with E-state index in [4.69, 9.17) is 0 Å². The van der Waals surface area contributed by atoms with E-state index in [2.05, 4.69) is 53.8 Å². The maximum Gasteiger partial charge on any atom is 0.0644 e. The minimum Gasteiger partial charge on any atom is -0.306 e. The van der Waals surface area contributed by atoms with Gasteiger partial charge in [0.25, 0.3) is 0 Å². The molecule has 2 aromatic heterocycles. The van der Waals surface area contributed by atoms with Crippen LogP contribution in [0.5, 0.6) is 0 Å². The zero-order valence-corrected chi connectivity index (χ0v) is 12.1. The summed E-state index contributed by atoms with van der Waals surface area (Å²) in [4.78, 5) is 4.13. The zero-order valence-electron chi connectivity index (χ0n) is 12.1. The van der Waals surface area contributed by atoms with Gasteiger partial charge in [-0.05, 0) is 39.3 Å². The van der Waals surface area contributed by atoms with Gasteiger partial charge in [-0.1, -0.05) is 6.07 Å². The SMILES string of the molecule is CCn1nc(C)c(C(C)NCc2cccnc2)c1C. The molecule has 0 spiro atoms. The van der Waals surface area contributed by atoms with Gasteiger partial charge in [0.1, 0.15) is 0 Å². The summed E-state index contributed by atoms with van der Waals surface area (Å²) in [6, 6.07) is 4.34. The number of nitrogens with zero attached hydrogens (tertiary/aromatic N) is 3. The molecule has 2 rings (SSSR count). The van der Waals surface area contributed by atoms with Crippen LogP contribution in [0.1, 0.15) is 42.4 Å². The van der Waals surface area contributed by atoms with Crippen molar-refractivity contribution in [3.8, 4) is 0 Å². The molecule has 0 aromatic carbocycles. The van der Waals surface area contributed by atoms with Crippen molar-refractivity contribution in [2.24, 2.45) is 0 Å². The Bertz CT molecular complexity index is 531. The Hall–Kier alpha value is -1.68. The average molecular weight is 258 g/mol. The smallest absolute Gasteiger partial charge is 0.0644 e. The van der Waals surface area contributed by atoms with Crippen LogP contribution in [0.2, 0.25) is 0 Å². The Balaban J connectivity index is 2.08. The second-order valence-electron chi connectivity index (χ2n) is 4.86. The van der Waals surface area contributed by atoms with E-state index in [1.165, 1.54) is 16.8 Å². The summed E-state index contributed by atoms with van der Waals surface area (Å²) in [5.41, 5.74) is 4.88. The monoisotopic (exact) mass is 258 g/mol. The molecule has 0 aliphatic carbocycles. The molecule has 1 atom stereocenters. The summed E-state index contributed by atoms with van der Waals surface area (Å²) < 4.78 is 2.06. The van der Waals surface area contributed by atoms with E-state index in [-0.39, 0.29) is 0 Å². The van der Waals surface area contributed by atoms with Crippen molar-refractivity contribution in [2.75, 3.05) is 0 Å². The summed E-state index contributed by atoms with van der Waals surface area (Å²) in [5.74, 6) is 0. The van der Waals surface area contributed by atoms with Crippen molar-refractivity contribution >= 4 is 0 Å². The highest BCUT2D eigenvalue weighted by Gasteiger charge is 2.16. The Labute approximate surface area is 114 Å². The Kier molecular flexibility index (Phi) is 4.32. The molecule has 2 aromatic rings. The summed E-state index contributed by atoms with van der Waals surface area (Å²) in [6.07, 6.45) is 3.70. The summed E-state index contributed by atoms with van der Waals surface area (Å²) >= 11 is 0. The zero-order chi connectivity index (χ0) is 13.8. The molecule has 0 amide bonds. The number of hydrogen-bond donors (Lipinski definition) is 1. The van der Waals surface area contributed by atoms with Gasteiger partial charge in [-0.25, -0.2) is 0 Å². The topological polar surface area (TPSA) is 42.7 Å². The minimum atomic E-state index is 0.292. The maximum absolute atomic E-state index is 4.57. The first kappa shape index (κ1) is 13.7. The van der Waals surface area contributed by atoms with Gasteiger partial charge in [-0.15, -0.1) is 0 Å². The Morgan fingerprint density at radius 2 is 2.16 bits per heavy atom. The van der Waals surface area contributed by atoms with E-state index >= 15 is 0 Å². The van der Waals surface area contributed by atoms with Gasteiger partial charge in [0.05, 0.1) is 5.69 Å². The number of aromatic nitrogens is 3. The first-order valence-electron chi connectivity index (χ1n) is 6.79. The highest BCUT2D eigenvalue weighted by Crippen LogP contribution is 2.21. The van der Waals surface area contributed by atoms with Crippen molar-refractivity contribution in [1.29, 1.82) is 0 Å². The van der Waals surface area contributed by atoms with Crippen LogP contribution < -0.4 is 5.32 Å². The van der Waals surface area contributed by atoms with Gasteiger partial charge in [-0.2, -0.15) is 5.10 Å². The minimum absolute atomic E-state index is 0.292. The van der Waals surface area contributed by atoms with E-state index in [0.717, 1.165) is 18.8 Å². The second kappa shape index (κ2) is 5.97. The van der Waals surface area contributed by atoms with Gasteiger partial charge in [-0.3, -0.25) is 9.67 Å². The first-order valence-corrected chi connectivity index (χ1v) is 6.79. The number of aryl methyl sites for hydroxylation is 2. The molecule has 2 heterocycles. The molecular formula is C15H22N4. The largest absolute Gasteiger partial charge is 0.306 e. The highest BCUT2D eigenvalue weighted by atomic mass is 15.3. The van der Waals surface area contributed by atoms with E-state index in [9.17, 15) is 0 Å². The van der Waals surface area contributed by atoms with Gasteiger partial charge in [0.2, 0.25) is 0 Å². The molecule has 0 radical (unpaired) electrons. The van der Waals surface area contributed by atoms with Crippen LogP contribution in [0.25, 0.3) is 0 Å². The van der Waals surface area contributed by atoms with Crippen molar-refractivity contribution in [2.45, 2.75) is 46.8 Å². The van der Waals surface area contributed by atoms with Gasteiger partial charge >= 0.3 is 0 Å².